The molecular formula is C17H21N3O2. The minimum absolute atomic E-state index is 0.0819. The van der Waals surface area contributed by atoms with Crippen LogP contribution in [0.5, 0.6) is 5.75 Å². The highest BCUT2D eigenvalue weighted by atomic mass is 16.5. The fourth-order valence-electron chi connectivity index (χ4n) is 2.88. The number of morpholine rings is 1. The molecule has 1 heterocycles. The fourth-order valence-corrected chi connectivity index (χ4v) is 2.88. The van der Waals surface area contributed by atoms with E-state index in [1.807, 2.05) is 31.2 Å². The zero-order chi connectivity index (χ0) is 15.9. The Hall–Kier alpha value is -2.08. The van der Waals surface area contributed by atoms with E-state index in [1.54, 1.807) is 7.11 Å². The van der Waals surface area contributed by atoms with E-state index in [-0.39, 0.29) is 17.9 Å². The van der Waals surface area contributed by atoms with Crippen molar-refractivity contribution in [1.29, 1.82) is 10.5 Å². The maximum Gasteiger partial charge on any atom is 0.118 e. The van der Waals surface area contributed by atoms with Gasteiger partial charge in [-0.15, -0.1) is 0 Å². The van der Waals surface area contributed by atoms with E-state index >= 15 is 0 Å². The van der Waals surface area contributed by atoms with Crippen molar-refractivity contribution < 1.29 is 9.47 Å². The first kappa shape index (κ1) is 16.3. The van der Waals surface area contributed by atoms with Crippen LogP contribution in [0.2, 0.25) is 0 Å². The number of nitriles is 2. The zero-order valence-corrected chi connectivity index (χ0v) is 13.0. The summed E-state index contributed by atoms with van der Waals surface area (Å²) in [6.07, 6.45) is 0. The number of benzene rings is 1. The topological polar surface area (TPSA) is 69.3 Å². The second kappa shape index (κ2) is 7.79. The summed E-state index contributed by atoms with van der Waals surface area (Å²) < 4.78 is 10.5. The summed E-state index contributed by atoms with van der Waals surface area (Å²) in [4.78, 5) is 2.11. The van der Waals surface area contributed by atoms with E-state index in [9.17, 15) is 10.5 Å². The highest BCUT2D eigenvalue weighted by molar-refractivity contribution is 5.33. The highest BCUT2D eigenvalue weighted by Crippen LogP contribution is 2.30. The van der Waals surface area contributed by atoms with Gasteiger partial charge in [0.1, 0.15) is 11.8 Å². The highest BCUT2D eigenvalue weighted by Gasteiger charge is 2.32. The van der Waals surface area contributed by atoms with Gasteiger partial charge in [0.15, 0.2) is 0 Å². The summed E-state index contributed by atoms with van der Waals surface area (Å²) in [5.74, 6) is 0.359. The molecule has 1 fully saturated rings. The Morgan fingerprint density at radius 1 is 1.14 bits per heavy atom. The normalized spacial score (nSPS) is 19.5. The van der Waals surface area contributed by atoms with Crippen molar-refractivity contribution in [1.82, 2.24) is 4.90 Å². The van der Waals surface area contributed by atoms with Crippen LogP contribution in [0.4, 0.5) is 0 Å². The lowest BCUT2D eigenvalue weighted by Gasteiger charge is -2.35. The van der Waals surface area contributed by atoms with Gasteiger partial charge in [-0.1, -0.05) is 19.1 Å². The Kier molecular flexibility index (Phi) is 5.77. The summed E-state index contributed by atoms with van der Waals surface area (Å²) in [6, 6.07) is 12.0. The molecule has 0 spiro atoms. The average Bonchev–Trinajstić information content (AvgIpc) is 2.58. The van der Waals surface area contributed by atoms with Gasteiger partial charge in [0.25, 0.3) is 0 Å². The van der Waals surface area contributed by atoms with Crippen LogP contribution in [-0.2, 0) is 4.74 Å². The molecule has 0 aliphatic carbocycles. The molecule has 1 aliphatic rings. The van der Waals surface area contributed by atoms with E-state index in [0.717, 1.165) is 24.4 Å². The van der Waals surface area contributed by atoms with Gasteiger partial charge in [-0.3, -0.25) is 4.90 Å². The maximum absolute atomic E-state index is 9.59. The Bertz CT molecular complexity index is 553. The number of hydrogen-bond acceptors (Lipinski definition) is 5. The zero-order valence-electron chi connectivity index (χ0n) is 13.0. The van der Waals surface area contributed by atoms with E-state index in [2.05, 4.69) is 17.0 Å². The molecular weight excluding hydrogens is 278 g/mol. The molecule has 2 rings (SSSR count). The molecule has 0 saturated carbocycles. The second-order valence-corrected chi connectivity index (χ2v) is 5.46. The van der Waals surface area contributed by atoms with Crippen molar-refractivity contribution >= 4 is 0 Å². The van der Waals surface area contributed by atoms with Crippen LogP contribution in [0.1, 0.15) is 18.4 Å². The first-order valence-corrected chi connectivity index (χ1v) is 7.46. The molecule has 22 heavy (non-hydrogen) atoms. The lowest BCUT2D eigenvalue weighted by atomic mass is 9.83. The first-order chi connectivity index (χ1) is 10.7. The van der Waals surface area contributed by atoms with E-state index in [0.29, 0.717) is 13.2 Å². The Labute approximate surface area is 131 Å². The Morgan fingerprint density at radius 3 is 2.27 bits per heavy atom. The molecule has 5 heteroatoms. The number of rotatable bonds is 5. The summed E-state index contributed by atoms with van der Waals surface area (Å²) in [7, 11) is 1.61. The van der Waals surface area contributed by atoms with Crippen LogP contribution in [0.3, 0.4) is 0 Å². The molecule has 1 aliphatic heterocycles. The summed E-state index contributed by atoms with van der Waals surface area (Å²) in [5.41, 5.74) is 0.921. The van der Waals surface area contributed by atoms with Gasteiger partial charge in [-0.05, 0) is 17.7 Å². The molecule has 3 atom stereocenters. The van der Waals surface area contributed by atoms with Crippen LogP contribution < -0.4 is 4.74 Å². The first-order valence-electron chi connectivity index (χ1n) is 7.46. The summed E-state index contributed by atoms with van der Waals surface area (Å²) >= 11 is 0. The largest absolute Gasteiger partial charge is 0.497 e. The molecule has 1 aromatic carbocycles. The molecule has 0 aromatic heterocycles. The molecule has 3 unspecified atom stereocenters. The summed E-state index contributed by atoms with van der Waals surface area (Å²) in [5, 5.41) is 19.1. The number of nitrogens with zero attached hydrogens (tertiary/aromatic N) is 3. The maximum atomic E-state index is 9.59. The Balaban J connectivity index is 2.17. The van der Waals surface area contributed by atoms with Crippen LogP contribution in [0.25, 0.3) is 0 Å². The quantitative estimate of drug-likeness (QED) is 0.833. The minimum Gasteiger partial charge on any atom is -0.497 e. The van der Waals surface area contributed by atoms with Gasteiger partial charge in [0, 0.05) is 19.0 Å². The number of methoxy groups -OCH3 is 1. The van der Waals surface area contributed by atoms with Crippen molar-refractivity contribution in [3.8, 4) is 17.9 Å². The fraction of sp³-hybridized carbons (Fsp3) is 0.529. The molecule has 0 N–H and O–H groups in total. The summed E-state index contributed by atoms with van der Waals surface area (Å²) in [6.45, 7) is 4.74. The smallest absolute Gasteiger partial charge is 0.118 e. The minimum atomic E-state index is -0.321. The van der Waals surface area contributed by atoms with Gasteiger partial charge in [0.05, 0.1) is 38.4 Å². The van der Waals surface area contributed by atoms with Gasteiger partial charge in [-0.25, -0.2) is 0 Å². The predicted molar refractivity (Wildman–Crippen MR) is 82.3 cm³/mol. The van der Waals surface area contributed by atoms with Crippen molar-refractivity contribution in [3.63, 3.8) is 0 Å². The molecule has 0 amide bonds. The third-order valence-corrected chi connectivity index (χ3v) is 4.21. The number of hydrogen-bond donors (Lipinski definition) is 0. The third-order valence-electron chi connectivity index (χ3n) is 4.21. The van der Waals surface area contributed by atoms with Crippen molar-refractivity contribution in [2.45, 2.75) is 18.9 Å². The third kappa shape index (κ3) is 3.57. The van der Waals surface area contributed by atoms with Crippen molar-refractivity contribution in [3.05, 3.63) is 29.8 Å². The molecule has 0 bridgehead atoms. The van der Waals surface area contributed by atoms with Crippen LogP contribution >= 0.6 is 0 Å². The van der Waals surface area contributed by atoms with Crippen LogP contribution in [0.15, 0.2) is 24.3 Å². The lowest BCUT2D eigenvalue weighted by molar-refractivity contribution is 0.0165. The van der Waals surface area contributed by atoms with Crippen molar-refractivity contribution in [2.24, 2.45) is 5.92 Å². The van der Waals surface area contributed by atoms with Crippen LogP contribution in [0, 0.1) is 28.6 Å². The van der Waals surface area contributed by atoms with Gasteiger partial charge in [0.2, 0.25) is 0 Å². The van der Waals surface area contributed by atoms with Gasteiger partial charge < -0.3 is 9.47 Å². The molecule has 1 aromatic rings. The molecule has 1 saturated heterocycles. The van der Waals surface area contributed by atoms with Gasteiger partial charge in [-0.2, -0.15) is 10.5 Å². The molecule has 5 nitrogen and oxygen atoms in total. The monoisotopic (exact) mass is 299 g/mol. The number of ether oxygens (including phenoxy) is 2. The standard InChI is InChI=1S/C17H21N3O2/c1-13(17(12-19)20-7-9-22-10-8-20)16(11-18)14-3-5-15(21-2)6-4-14/h3-6,13,16-17H,7-10H2,1-2H3. The molecule has 116 valence electrons. The SMILES string of the molecule is COc1ccc(C(C#N)C(C)C(C#N)N2CCOCC2)cc1. The Morgan fingerprint density at radius 2 is 1.77 bits per heavy atom. The predicted octanol–water partition coefficient (Wildman–Crippen LogP) is 2.16. The van der Waals surface area contributed by atoms with E-state index < -0.39 is 0 Å². The van der Waals surface area contributed by atoms with E-state index in [4.69, 9.17) is 9.47 Å². The second-order valence-electron chi connectivity index (χ2n) is 5.46. The van der Waals surface area contributed by atoms with Crippen LogP contribution in [-0.4, -0.2) is 44.4 Å². The van der Waals surface area contributed by atoms with E-state index in [1.165, 1.54) is 0 Å². The van der Waals surface area contributed by atoms with Crippen molar-refractivity contribution in [2.75, 3.05) is 33.4 Å². The lowest BCUT2D eigenvalue weighted by Crippen LogP contribution is -2.46. The molecule has 0 radical (unpaired) electrons. The average molecular weight is 299 g/mol. The van der Waals surface area contributed by atoms with Gasteiger partial charge >= 0.3 is 0 Å².